The van der Waals surface area contributed by atoms with E-state index in [2.05, 4.69) is 25.9 Å². The Hall–Kier alpha value is -3.79. The molecule has 1 fully saturated rings. The van der Waals surface area contributed by atoms with Gasteiger partial charge in [0, 0.05) is 24.2 Å². The number of benzene rings is 2. The van der Waals surface area contributed by atoms with E-state index < -0.39 is 0 Å². The van der Waals surface area contributed by atoms with Gasteiger partial charge in [-0.25, -0.2) is 0 Å². The molecule has 1 aliphatic heterocycles. The Kier molecular flexibility index (Phi) is 6.18. The molecule has 1 aliphatic rings. The van der Waals surface area contributed by atoms with Crippen LogP contribution in [0.15, 0.2) is 59.5 Å². The van der Waals surface area contributed by atoms with Crippen LogP contribution in [-0.2, 0) is 9.59 Å². The Morgan fingerprint density at radius 1 is 1.10 bits per heavy atom. The molecule has 0 unspecified atom stereocenters. The second-order valence-electron chi connectivity index (χ2n) is 6.71. The second kappa shape index (κ2) is 9.35. The number of imide groups is 1. The van der Waals surface area contributed by atoms with Crippen molar-refractivity contribution < 1.29 is 14.4 Å². The SMILES string of the molecule is O=C(CCCN1C(=O)S/C(=C\c2ccccc2)C1=O)Nc1ccc(-c2nn[nH]n2)cc1. The first-order valence-electron chi connectivity index (χ1n) is 9.54. The zero-order chi connectivity index (χ0) is 21.6. The fraction of sp³-hybridized carbons (Fsp3) is 0.143. The van der Waals surface area contributed by atoms with Crippen molar-refractivity contribution in [2.24, 2.45) is 0 Å². The van der Waals surface area contributed by atoms with Crippen LogP contribution >= 0.6 is 11.8 Å². The molecule has 2 heterocycles. The first-order valence-corrected chi connectivity index (χ1v) is 10.4. The molecule has 31 heavy (non-hydrogen) atoms. The van der Waals surface area contributed by atoms with Crippen LogP contribution in [0.5, 0.6) is 0 Å². The molecule has 0 saturated carbocycles. The van der Waals surface area contributed by atoms with Gasteiger partial charge in [-0.2, -0.15) is 5.21 Å². The van der Waals surface area contributed by atoms with Crippen molar-refractivity contribution >= 4 is 40.6 Å². The Labute approximate surface area is 181 Å². The minimum Gasteiger partial charge on any atom is -0.326 e. The van der Waals surface area contributed by atoms with Gasteiger partial charge in [-0.15, -0.1) is 10.2 Å². The Morgan fingerprint density at radius 3 is 2.58 bits per heavy atom. The summed E-state index contributed by atoms with van der Waals surface area (Å²) in [5.41, 5.74) is 2.27. The van der Waals surface area contributed by atoms with Gasteiger partial charge in [0.2, 0.25) is 11.7 Å². The minimum absolute atomic E-state index is 0.187. The summed E-state index contributed by atoms with van der Waals surface area (Å²) in [4.78, 5) is 38.5. The molecule has 10 heteroatoms. The van der Waals surface area contributed by atoms with E-state index in [0.29, 0.717) is 22.8 Å². The molecule has 0 bridgehead atoms. The number of carbonyl (C=O) groups is 3. The number of nitrogens with zero attached hydrogens (tertiary/aromatic N) is 4. The summed E-state index contributed by atoms with van der Waals surface area (Å²) in [7, 11) is 0. The van der Waals surface area contributed by atoms with Crippen molar-refractivity contribution in [1.82, 2.24) is 25.5 Å². The van der Waals surface area contributed by atoms with Gasteiger partial charge in [-0.1, -0.05) is 30.3 Å². The van der Waals surface area contributed by atoms with Gasteiger partial charge in [-0.05, 0) is 59.3 Å². The molecule has 0 aliphatic carbocycles. The summed E-state index contributed by atoms with van der Waals surface area (Å²) < 4.78 is 0. The highest BCUT2D eigenvalue weighted by molar-refractivity contribution is 8.18. The number of H-pyrrole nitrogens is 1. The van der Waals surface area contributed by atoms with Crippen LogP contribution in [-0.4, -0.2) is 49.1 Å². The van der Waals surface area contributed by atoms with Crippen LogP contribution in [0.3, 0.4) is 0 Å². The predicted molar refractivity (Wildman–Crippen MR) is 117 cm³/mol. The van der Waals surface area contributed by atoms with Crippen molar-refractivity contribution in [1.29, 1.82) is 0 Å². The second-order valence-corrected chi connectivity index (χ2v) is 7.70. The molecule has 1 saturated heterocycles. The largest absolute Gasteiger partial charge is 0.326 e. The lowest BCUT2D eigenvalue weighted by Crippen LogP contribution is -2.29. The summed E-state index contributed by atoms with van der Waals surface area (Å²) in [5, 5.41) is 16.2. The maximum absolute atomic E-state index is 12.5. The third-order valence-electron chi connectivity index (χ3n) is 4.53. The number of carbonyl (C=O) groups excluding carboxylic acids is 3. The molecule has 9 nitrogen and oxygen atoms in total. The summed E-state index contributed by atoms with van der Waals surface area (Å²) >= 11 is 0.919. The fourth-order valence-electron chi connectivity index (χ4n) is 3.00. The first kappa shape index (κ1) is 20.5. The van der Waals surface area contributed by atoms with E-state index in [1.165, 1.54) is 4.90 Å². The van der Waals surface area contributed by atoms with Gasteiger partial charge in [0.05, 0.1) is 4.91 Å². The van der Waals surface area contributed by atoms with Crippen LogP contribution in [0, 0.1) is 0 Å². The van der Waals surface area contributed by atoms with Crippen molar-refractivity contribution in [2.75, 3.05) is 11.9 Å². The molecule has 2 N–H and O–H groups in total. The molecule has 3 amide bonds. The third kappa shape index (κ3) is 5.04. The number of anilines is 1. The highest BCUT2D eigenvalue weighted by atomic mass is 32.2. The maximum Gasteiger partial charge on any atom is 0.293 e. The summed E-state index contributed by atoms with van der Waals surface area (Å²) in [6, 6.07) is 16.4. The molecule has 0 spiro atoms. The topological polar surface area (TPSA) is 121 Å². The van der Waals surface area contributed by atoms with Gasteiger partial charge in [0.1, 0.15) is 0 Å². The molecule has 3 aromatic rings. The number of aromatic amines is 1. The predicted octanol–water partition coefficient (Wildman–Crippen LogP) is 3.32. The van der Waals surface area contributed by atoms with E-state index in [1.54, 1.807) is 30.3 Å². The molecule has 2 aromatic carbocycles. The van der Waals surface area contributed by atoms with Crippen LogP contribution in [0.4, 0.5) is 10.5 Å². The number of rotatable bonds is 7. The van der Waals surface area contributed by atoms with Crippen LogP contribution in [0.25, 0.3) is 17.5 Å². The van der Waals surface area contributed by atoms with Crippen LogP contribution in [0.2, 0.25) is 0 Å². The van der Waals surface area contributed by atoms with E-state index in [4.69, 9.17) is 0 Å². The standard InChI is InChI=1S/C21H18N6O3S/c28-18(22-16-10-8-15(9-11-16)19-23-25-26-24-19)7-4-12-27-20(29)17(31-21(27)30)13-14-5-2-1-3-6-14/h1-3,5-6,8-11,13H,4,7,12H2,(H,22,28)(H,23,24,25,26)/b17-13-. The first-order chi connectivity index (χ1) is 15.1. The third-order valence-corrected chi connectivity index (χ3v) is 5.44. The zero-order valence-corrected chi connectivity index (χ0v) is 17.1. The lowest BCUT2D eigenvalue weighted by Gasteiger charge is -2.12. The maximum atomic E-state index is 12.5. The highest BCUT2D eigenvalue weighted by Crippen LogP contribution is 2.32. The number of amides is 3. The molecule has 0 radical (unpaired) electrons. The van der Waals surface area contributed by atoms with E-state index in [0.717, 1.165) is 22.9 Å². The van der Waals surface area contributed by atoms with Gasteiger partial charge >= 0.3 is 0 Å². The molecule has 0 atom stereocenters. The average Bonchev–Trinajstić information content (AvgIpc) is 3.40. The molecular formula is C21H18N6O3S. The normalized spacial score (nSPS) is 15.0. The minimum atomic E-state index is -0.323. The summed E-state index contributed by atoms with van der Waals surface area (Å²) in [5.74, 6) is -0.0493. The lowest BCUT2D eigenvalue weighted by molar-refractivity contribution is -0.123. The Morgan fingerprint density at radius 2 is 1.87 bits per heavy atom. The lowest BCUT2D eigenvalue weighted by atomic mass is 10.2. The van der Waals surface area contributed by atoms with E-state index in [1.807, 2.05) is 30.3 Å². The number of aromatic nitrogens is 4. The van der Waals surface area contributed by atoms with E-state index in [9.17, 15) is 14.4 Å². The molecule has 1 aromatic heterocycles. The van der Waals surface area contributed by atoms with Crippen molar-refractivity contribution in [3.8, 4) is 11.4 Å². The quantitative estimate of drug-likeness (QED) is 0.547. The van der Waals surface area contributed by atoms with E-state index >= 15 is 0 Å². The van der Waals surface area contributed by atoms with Gasteiger partial charge in [0.15, 0.2) is 0 Å². The van der Waals surface area contributed by atoms with Crippen LogP contribution in [0.1, 0.15) is 18.4 Å². The smallest absolute Gasteiger partial charge is 0.293 e. The van der Waals surface area contributed by atoms with Crippen molar-refractivity contribution in [3.63, 3.8) is 0 Å². The molecular weight excluding hydrogens is 416 g/mol. The average molecular weight is 434 g/mol. The van der Waals surface area contributed by atoms with Gasteiger partial charge in [-0.3, -0.25) is 19.3 Å². The van der Waals surface area contributed by atoms with Crippen LogP contribution < -0.4 is 5.32 Å². The summed E-state index contributed by atoms with van der Waals surface area (Å²) in [6.07, 6.45) is 2.27. The molecule has 156 valence electrons. The van der Waals surface area contributed by atoms with Crippen molar-refractivity contribution in [2.45, 2.75) is 12.8 Å². The van der Waals surface area contributed by atoms with Gasteiger partial charge < -0.3 is 5.32 Å². The van der Waals surface area contributed by atoms with Gasteiger partial charge in [0.25, 0.3) is 11.1 Å². The fourth-order valence-corrected chi connectivity index (χ4v) is 3.87. The summed E-state index contributed by atoms with van der Waals surface area (Å²) in [6.45, 7) is 0.195. The number of hydrogen-bond donors (Lipinski definition) is 2. The van der Waals surface area contributed by atoms with E-state index in [-0.39, 0.29) is 30.0 Å². The number of thioether (sulfide) groups is 1. The molecule has 4 rings (SSSR count). The Balaban J connectivity index is 1.27. The number of nitrogens with one attached hydrogen (secondary N) is 2. The number of hydrogen-bond acceptors (Lipinski definition) is 7. The Bertz CT molecular complexity index is 1110. The zero-order valence-electron chi connectivity index (χ0n) is 16.3. The highest BCUT2D eigenvalue weighted by Gasteiger charge is 2.34. The monoisotopic (exact) mass is 434 g/mol. The van der Waals surface area contributed by atoms with Crippen molar-refractivity contribution in [3.05, 3.63) is 65.1 Å². The number of tetrazole rings is 1.